The number of nitrogens with one attached hydrogen (secondary N) is 1. The van der Waals surface area contributed by atoms with Gasteiger partial charge in [-0.1, -0.05) is 25.7 Å². The molecule has 0 heterocycles. The molecule has 1 aromatic rings. The summed E-state index contributed by atoms with van der Waals surface area (Å²) in [4.78, 5) is 18.1. The molecule has 0 aliphatic heterocycles. The minimum absolute atomic E-state index is 0.0114. The van der Waals surface area contributed by atoms with Gasteiger partial charge in [-0.3, -0.25) is 9.52 Å². The van der Waals surface area contributed by atoms with Crippen molar-refractivity contribution in [1.82, 2.24) is 4.90 Å². The molecule has 0 spiro atoms. The smallest absolute Gasteiger partial charge is 0.256 e. The fraction of sp³-hybridized carbons (Fsp3) is 0.529. The van der Waals surface area contributed by atoms with Gasteiger partial charge in [0.25, 0.3) is 10.0 Å². The van der Waals surface area contributed by atoms with Crippen molar-refractivity contribution >= 4 is 48.5 Å². The average Bonchev–Trinajstić information content (AvgIpc) is 3.77. The highest BCUT2D eigenvalue weighted by Gasteiger charge is 2.41. The van der Waals surface area contributed by atoms with E-state index < -0.39 is 36.3 Å². The van der Waals surface area contributed by atoms with Crippen LogP contribution in [0.3, 0.4) is 0 Å². The van der Waals surface area contributed by atoms with Crippen molar-refractivity contribution in [2.75, 3.05) is 35.8 Å². The Morgan fingerprint density at radius 3 is 1.98 bits per heavy atom. The van der Waals surface area contributed by atoms with Crippen molar-refractivity contribution in [3.63, 3.8) is 0 Å². The van der Waals surface area contributed by atoms with Crippen LogP contribution in [0.2, 0.25) is 0 Å². The molecule has 0 unspecified atom stereocenters. The van der Waals surface area contributed by atoms with Crippen LogP contribution in [0, 0.1) is 0 Å². The normalized spacial score (nSPS) is 22.0. The van der Waals surface area contributed by atoms with Gasteiger partial charge in [0.2, 0.25) is 15.8 Å². The first-order valence-corrected chi connectivity index (χ1v) is 19.6. The highest BCUT2D eigenvalue weighted by molar-refractivity contribution is 7.93. The first-order chi connectivity index (χ1) is 21.9. The Kier molecular flexibility index (Phi) is 10.2. The molecule has 46 heavy (non-hydrogen) atoms. The van der Waals surface area contributed by atoms with Crippen LogP contribution < -0.4 is 9.62 Å². The van der Waals surface area contributed by atoms with E-state index in [0.29, 0.717) is 51.9 Å². The van der Waals surface area contributed by atoms with E-state index in [9.17, 15) is 26.7 Å². The van der Waals surface area contributed by atoms with Gasteiger partial charge < -0.3 is 14.9 Å². The number of aliphatic hydroxyl groups excluding tert-OH is 1. The Morgan fingerprint density at radius 1 is 0.826 bits per heavy atom. The molecule has 4 aliphatic rings. The molecule has 0 bridgehead atoms. The molecule has 0 amide bonds. The van der Waals surface area contributed by atoms with Gasteiger partial charge in [0.15, 0.2) is 0 Å². The monoisotopic (exact) mass is 670 g/mol. The second-order valence-corrected chi connectivity index (χ2v) is 16.1. The summed E-state index contributed by atoms with van der Waals surface area (Å²) in [5.41, 5.74) is 2.37. The number of aliphatic hydroxyl groups is 1. The van der Waals surface area contributed by atoms with Crippen LogP contribution in [0.25, 0.3) is 5.57 Å². The SMILES string of the molecule is CCN(CC)C1=CC(=N\S(=O)(=O)C2CCCC2)/C(=C2/C(=O)C(c3ccc(N(CC)CC)cc3NS(=O)(=O)C3CCCC3)=C2O)C=C1. The molecule has 2 saturated carbocycles. The third kappa shape index (κ3) is 6.56. The summed E-state index contributed by atoms with van der Waals surface area (Å²) in [5.74, 6) is -0.813. The molecular weight excluding hydrogens is 625 g/mol. The van der Waals surface area contributed by atoms with Gasteiger partial charge in [0.1, 0.15) is 5.76 Å². The third-order valence-electron chi connectivity index (χ3n) is 9.65. The summed E-state index contributed by atoms with van der Waals surface area (Å²) in [6.45, 7) is 10.8. The molecule has 2 fully saturated rings. The Morgan fingerprint density at radius 2 is 1.41 bits per heavy atom. The van der Waals surface area contributed by atoms with E-state index in [4.69, 9.17) is 0 Å². The average molecular weight is 671 g/mol. The van der Waals surface area contributed by atoms with Gasteiger partial charge in [-0.05, 0) is 89.8 Å². The van der Waals surface area contributed by atoms with Crippen LogP contribution >= 0.6 is 0 Å². The van der Waals surface area contributed by atoms with Crippen LogP contribution in [0.15, 0.2) is 63.4 Å². The van der Waals surface area contributed by atoms with E-state index in [1.54, 1.807) is 30.4 Å². The maximum absolute atomic E-state index is 13.9. The Bertz CT molecular complexity index is 1730. The Balaban J connectivity index is 1.62. The van der Waals surface area contributed by atoms with E-state index in [2.05, 4.69) is 18.9 Å². The van der Waals surface area contributed by atoms with E-state index in [1.165, 1.54) is 0 Å². The van der Waals surface area contributed by atoms with Gasteiger partial charge in [-0.15, -0.1) is 0 Å². The Labute approximate surface area is 273 Å². The Hall–Kier alpha value is -3.38. The molecule has 4 aliphatic carbocycles. The quantitative estimate of drug-likeness (QED) is 0.264. The zero-order valence-corrected chi connectivity index (χ0v) is 28.9. The number of rotatable bonds is 12. The molecule has 0 saturated heterocycles. The topological polar surface area (TPSA) is 136 Å². The predicted molar refractivity (Wildman–Crippen MR) is 185 cm³/mol. The van der Waals surface area contributed by atoms with Gasteiger partial charge in [0, 0.05) is 48.7 Å². The number of hydrogen-bond donors (Lipinski definition) is 2. The van der Waals surface area contributed by atoms with Crippen LogP contribution in [-0.4, -0.2) is 75.0 Å². The van der Waals surface area contributed by atoms with Crippen LogP contribution in [-0.2, 0) is 24.8 Å². The molecule has 12 heteroatoms. The molecule has 10 nitrogen and oxygen atoms in total. The fourth-order valence-electron chi connectivity index (χ4n) is 6.95. The van der Waals surface area contributed by atoms with Crippen molar-refractivity contribution in [1.29, 1.82) is 0 Å². The number of sulfonamides is 2. The minimum atomic E-state index is -3.86. The summed E-state index contributed by atoms with van der Waals surface area (Å²) >= 11 is 0. The lowest BCUT2D eigenvalue weighted by molar-refractivity contribution is -0.111. The van der Waals surface area contributed by atoms with Crippen LogP contribution in [0.1, 0.15) is 84.6 Å². The highest BCUT2D eigenvalue weighted by atomic mass is 32.2. The molecule has 0 aromatic heterocycles. The zero-order valence-electron chi connectivity index (χ0n) is 27.3. The summed E-state index contributed by atoms with van der Waals surface area (Å²) in [6.07, 6.45) is 10.7. The van der Waals surface area contributed by atoms with Crippen molar-refractivity contribution in [2.45, 2.75) is 89.6 Å². The number of allylic oxidation sites excluding steroid dienone is 6. The summed E-state index contributed by atoms with van der Waals surface area (Å²) < 4.78 is 60.5. The van der Waals surface area contributed by atoms with Crippen molar-refractivity contribution in [2.24, 2.45) is 4.40 Å². The van der Waals surface area contributed by atoms with E-state index in [-0.39, 0.29) is 39.4 Å². The number of anilines is 2. The van der Waals surface area contributed by atoms with Crippen molar-refractivity contribution in [3.8, 4) is 0 Å². The largest absolute Gasteiger partial charge is 0.506 e. The van der Waals surface area contributed by atoms with Crippen LogP contribution in [0.5, 0.6) is 0 Å². The molecule has 250 valence electrons. The number of hydrogen-bond acceptors (Lipinski definition) is 8. The number of nitrogens with zero attached hydrogens (tertiary/aromatic N) is 3. The van der Waals surface area contributed by atoms with Gasteiger partial charge >= 0.3 is 0 Å². The number of likely N-dealkylation sites (N-methyl/N-ethyl adjacent to an activating group) is 1. The maximum Gasteiger partial charge on any atom is 0.256 e. The van der Waals surface area contributed by atoms with E-state index in [0.717, 1.165) is 37.1 Å². The lowest BCUT2D eigenvalue weighted by Gasteiger charge is -2.29. The van der Waals surface area contributed by atoms with Crippen LogP contribution in [0.4, 0.5) is 11.4 Å². The highest BCUT2D eigenvalue weighted by Crippen LogP contribution is 2.43. The fourth-order valence-corrected chi connectivity index (χ4v) is 10.0. The van der Waals surface area contributed by atoms with Gasteiger partial charge in [-0.25, -0.2) is 16.8 Å². The molecule has 2 N–H and O–H groups in total. The second-order valence-electron chi connectivity index (χ2n) is 12.3. The first-order valence-electron chi connectivity index (χ1n) is 16.6. The number of ketones is 1. The molecule has 0 radical (unpaired) electrons. The molecule has 0 atom stereocenters. The summed E-state index contributed by atoms with van der Waals surface area (Å²) in [5, 5.41) is 10.4. The maximum atomic E-state index is 13.9. The van der Waals surface area contributed by atoms with E-state index >= 15 is 0 Å². The lowest BCUT2D eigenvalue weighted by atomic mass is 9.78. The van der Waals surface area contributed by atoms with Crippen molar-refractivity contribution < 1.29 is 26.7 Å². The predicted octanol–water partition coefficient (Wildman–Crippen LogP) is 5.87. The first kappa shape index (κ1) is 34.0. The summed E-state index contributed by atoms with van der Waals surface area (Å²) in [6, 6.07) is 5.20. The van der Waals surface area contributed by atoms with Gasteiger partial charge in [-0.2, -0.15) is 4.40 Å². The third-order valence-corrected chi connectivity index (χ3v) is 13.3. The molecule has 5 rings (SSSR count). The molecule has 1 aromatic carbocycles. The van der Waals surface area contributed by atoms with E-state index in [1.807, 2.05) is 33.8 Å². The standard InChI is InChI=1S/C34H46N4O6S2/c1-5-37(6-2)23-17-19-27(29(21-23)35-45(41,42)25-13-9-10-14-25)31-33(39)32(34(31)40)28-20-18-24(38(7-3)8-4)22-30(28)36-46(43,44)26-15-11-12-16-26/h17-22,25-26,35,39H,5-16H2,1-4H3/b32-28+,36-30+. The van der Waals surface area contributed by atoms with Crippen molar-refractivity contribution in [3.05, 3.63) is 64.6 Å². The number of Topliss-reactive ketones (excluding diaryl/α,β-unsaturated/α-hetero) is 1. The lowest BCUT2D eigenvalue weighted by Crippen LogP contribution is -2.30. The minimum Gasteiger partial charge on any atom is -0.506 e. The molecular formula is C34H46N4O6S2. The van der Waals surface area contributed by atoms with Gasteiger partial charge in [0.05, 0.1) is 33.0 Å². The second kappa shape index (κ2) is 13.8. The number of benzene rings is 1. The zero-order chi connectivity index (χ0) is 33.2. The summed E-state index contributed by atoms with van der Waals surface area (Å²) in [7, 11) is -7.60. The number of carbonyl (C=O) groups excluding carboxylic acids is 1. The number of carbonyl (C=O) groups is 1.